The van der Waals surface area contributed by atoms with Crippen LogP contribution in [0.15, 0.2) is 42.1 Å². The minimum atomic E-state index is -0.209. The van der Waals surface area contributed by atoms with E-state index in [1.165, 1.54) is 18.4 Å². The number of anilines is 2. The largest absolute Gasteiger partial charge is 0.497 e. The molecule has 2 N–H and O–H groups in total. The summed E-state index contributed by atoms with van der Waals surface area (Å²) in [7, 11) is 3.18. The average Bonchev–Trinajstić information content (AvgIpc) is 2.74. The van der Waals surface area contributed by atoms with Crippen LogP contribution in [-0.2, 0) is 0 Å². The van der Waals surface area contributed by atoms with Crippen LogP contribution < -0.4 is 20.1 Å². The summed E-state index contributed by atoms with van der Waals surface area (Å²) >= 11 is 0. The van der Waals surface area contributed by atoms with Crippen LogP contribution in [0.25, 0.3) is 0 Å². The quantitative estimate of drug-likeness (QED) is 0.675. The van der Waals surface area contributed by atoms with Crippen molar-refractivity contribution in [2.45, 2.75) is 32.1 Å². The van der Waals surface area contributed by atoms with E-state index in [2.05, 4.69) is 26.7 Å². The number of amides is 1. The Morgan fingerprint density at radius 2 is 2.07 bits per heavy atom. The molecule has 1 aromatic carbocycles. The van der Waals surface area contributed by atoms with Crippen molar-refractivity contribution in [1.82, 2.24) is 15.3 Å². The maximum absolute atomic E-state index is 12.4. The lowest BCUT2D eigenvalue weighted by molar-refractivity contribution is 0.0949. The van der Waals surface area contributed by atoms with Crippen molar-refractivity contribution in [3.05, 3.63) is 47.8 Å². The number of aromatic nitrogens is 2. The minimum absolute atomic E-state index is 0.209. The smallest absolute Gasteiger partial charge is 0.270 e. The number of rotatable bonds is 8. The summed E-state index contributed by atoms with van der Waals surface area (Å²) in [4.78, 5) is 20.9. The number of allylic oxidation sites excluding steroid dienone is 1. The highest BCUT2D eigenvalue weighted by molar-refractivity contribution is 5.92. The fourth-order valence-corrected chi connectivity index (χ4v) is 3.14. The highest BCUT2D eigenvalue weighted by atomic mass is 16.5. The van der Waals surface area contributed by atoms with Crippen molar-refractivity contribution in [2.24, 2.45) is 0 Å². The molecule has 0 aliphatic heterocycles. The maximum Gasteiger partial charge on any atom is 0.270 e. The van der Waals surface area contributed by atoms with E-state index in [4.69, 9.17) is 9.47 Å². The van der Waals surface area contributed by atoms with E-state index >= 15 is 0 Å². The van der Waals surface area contributed by atoms with E-state index in [0.29, 0.717) is 35.4 Å². The number of carbonyl (C=O) groups excluding carboxylic acids is 1. The van der Waals surface area contributed by atoms with Gasteiger partial charge in [0.05, 0.1) is 19.9 Å². The van der Waals surface area contributed by atoms with Crippen LogP contribution >= 0.6 is 0 Å². The zero-order valence-corrected chi connectivity index (χ0v) is 16.3. The van der Waals surface area contributed by atoms with E-state index in [1.807, 2.05) is 0 Å². The van der Waals surface area contributed by atoms with Crippen LogP contribution in [0.5, 0.6) is 11.5 Å². The molecule has 1 amide bonds. The third kappa shape index (κ3) is 5.22. The Balaban J connectivity index is 1.63. The Bertz CT molecular complexity index is 851. The van der Waals surface area contributed by atoms with Crippen molar-refractivity contribution < 1.29 is 14.3 Å². The first-order chi connectivity index (χ1) is 13.7. The summed E-state index contributed by atoms with van der Waals surface area (Å²) in [5.41, 5.74) is 2.40. The van der Waals surface area contributed by atoms with Gasteiger partial charge in [0.2, 0.25) is 5.95 Å². The molecule has 0 radical (unpaired) electrons. The highest BCUT2D eigenvalue weighted by Crippen LogP contribution is 2.30. The number of carbonyl (C=O) groups is 1. The van der Waals surface area contributed by atoms with Crippen molar-refractivity contribution in [2.75, 3.05) is 26.1 Å². The van der Waals surface area contributed by atoms with E-state index in [-0.39, 0.29) is 5.91 Å². The van der Waals surface area contributed by atoms with Gasteiger partial charge >= 0.3 is 0 Å². The zero-order chi connectivity index (χ0) is 19.8. The van der Waals surface area contributed by atoms with Crippen LogP contribution in [0.2, 0.25) is 0 Å². The molecule has 0 spiro atoms. The lowest BCUT2D eigenvalue weighted by atomic mass is 9.97. The predicted molar refractivity (Wildman–Crippen MR) is 108 cm³/mol. The molecule has 7 heteroatoms. The summed E-state index contributed by atoms with van der Waals surface area (Å²) in [6, 6.07) is 6.98. The van der Waals surface area contributed by atoms with E-state index in [0.717, 1.165) is 19.3 Å². The van der Waals surface area contributed by atoms with Gasteiger partial charge in [-0.3, -0.25) is 4.79 Å². The molecule has 0 saturated carbocycles. The van der Waals surface area contributed by atoms with Crippen LogP contribution in [0.3, 0.4) is 0 Å². The molecule has 1 aliphatic rings. The Labute approximate surface area is 165 Å². The molecule has 0 atom stereocenters. The van der Waals surface area contributed by atoms with Crippen molar-refractivity contribution in [1.29, 1.82) is 0 Å². The summed E-state index contributed by atoms with van der Waals surface area (Å²) in [6.07, 6.45) is 9.55. The summed E-state index contributed by atoms with van der Waals surface area (Å²) in [5, 5.41) is 6.02. The number of hydrogen-bond acceptors (Lipinski definition) is 6. The van der Waals surface area contributed by atoms with Crippen LogP contribution in [0.1, 0.15) is 42.6 Å². The van der Waals surface area contributed by atoms with Gasteiger partial charge < -0.3 is 20.1 Å². The molecule has 2 aromatic rings. The Kier molecular flexibility index (Phi) is 6.84. The maximum atomic E-state index is 12.4. The third-order valence-electron chi connectivity index (χ3n) is 4.66. The monoisotopic (exact) mass is 382 g/mol. The summed E-state index contributed by atoms with van der Waals surface area (Å²) < 4.78 is 10.6. The topological polar surface area (TPSA) is 85.4 Å². The van der Waals surface area contributed by atoms with Gasteiger partial charge in [-0.05, 0) is 50.3 Å². The average molecular weight is 382 g/mol. The van der Waals surface area contributed by atoms with Crippen LogP contribution in [0, 0.1) is 0 Å². The number of benzene rings is 1. The predicted octanol–water partition coefficient (Wildman–Crippen LogP) is 3.86. The van der Waals surface area contributed by atoms with Gasteiger partial charge in [-0.2, -0.15) is 0 Å². The fraction of sp³-hybridized carbons (Fsp3) is 0.381. The Morgan fingerprint density at radius 1 is 1.18 bits per heavy atom. The SMILES string of the molecule is COc1ccc(OC)c(Nc2nccc(C(=O)NCCC3=CCCCC3)n2)c1. The summed E-state index contributed by atoms with van der Waals surface area (Å²) in [5.74, 6) is 1.41. The van der Waals surface area contributed by atoms with Crippen LogP contribution in [0.4, 0.5) is 11.6 Å². The number of nitrogens with zero attached hydrogens (tertiary/aromatic N) is 2. The van der Waals surface area contributed by atoms with E-state index in [9.17, 15) is 4.79 Å². The lowest BCUT2D eigenvalue weighted by Crippen LogP contribution is -2.26. The normalized spacial score (nSPS) is 13.4. The number of nitrogens with one attached hydrogen (secondary N) is 2. The van der Waals surface area contributed by atoms with Gasteiger partial charge in [-0.1, -0.05) is 11.6 Å². The molecule has 148 valence electrons. The van der Waals surface area contributed by atoms with Gasteiger partial charge in [0, 0.05) is 18.8 Å². The van der Waals surface area contributed by atoms with E-state index in [1.54, 1.807) is 44.7 Å². The highest BCUT2D eigenvalue weighted by Gasteiger charge is 2.12. The first-order valence-electron chi connectivity index (χ1n) is 9.48. The number of ether oxygens (including phenoxy) is 2. The lowest BCUT2D eigenvalue weighted by Gasteiger charge is -2.13. The molecule has 1 aliphatic carbocycles. The molecule has 0 saturated heterocycles. The van der Waals surface area contributed by atoms with Gasteiger partial charge in [0.1, 0.15) is 17.2 Å². The molecular weight excluding hydrogens is 356 g/mol. The molecule has 0 fully saturated rings. The third-order valence-corrected chi connectivity index (χ3v) is 4.66. The summed E-state index contributed by atoms with van der Waals surface area (Å²) in [6.45, 7) is 0.612. The first kappa shape index (κ1) is 19.7. The Morgan fingerprint density at radius 3 is 2.82 bits per heavy atom. The van der Waals surface area contributed by atoms with Crippen molar-refractivity contribution in [3.63, 3.8) is 0 Å². The van der Waals surface area contributed by atoms with Gasteiger partial charge in [0.15, 0.2) is 0 Å². The fourth-order valence-electron chi connectivity index (χ4n) is 3.14. The van der Waals surface area contributed by atoms with Crippen LogP contribution in [-0.4, -0.2) is 36.6 Å². The molecule has 0 unspecified atom stereocenters. The second-order valence-corrected chi connectivity index (χ2v) is 6.57. The molecule has 28 heavy (non-hydrogen) atoms. The van der Waals surface area contributed by atoms with Crippen molar-refractivity contribution >= 4 is 17.5 Å². The van der Waals surface area contributed by atoms with Gasteiger partial charge in [0.25, 0.3) is 5.91 Å². The first-order valence-corrected chi connectivity index (χ1v) is 9.48. The second-order valence-electron chi connectivity index (χ2n) is 6.57. The van der Waals surface area contributed by atoms with Gasteiger partial charge in [-0.25, -0.2) is 9.97 Å². The van der Waals surface area contributed by atoms with E-state index < -0.39 is 0 Å². The minimum Gasteiger partial charge on any atom is -0.497 e. The van der Waals surface area contributed by atoms with Crippen molar-refractivity contribution in [3.8, 4) is 11.5 Å². The molecule has 1 heterocycles. The molecule has 1 aromatic heterocycles. The zero-order valence-electron chi connectivity index (χ0n) is 16.3. The molecule has 3 rings (SSSR count). The second kappa shape index (κ2) is 9.73. The molecular formula is C21H26N4O3. The number of methoxy groups -OCH3 is 2. The standard InChI is InChI=1S/C21H26N4O3/c1-27-16-8-9-19(28-2)18(14-16)25-21-23-13-11-17(24-21)20(26)22-12-10-15-6-4-3-5-7-15/h6,8-9,11,13-14H,3-5,7,10,12H2,1-2H3,(H,22,26)(H,23,24,25). The molecule has 0 bridgehead atoms. The molecule has 7 nitrogen and oxygen atoms in total. The Hall–Kier alpha value is -3.09. The number of hydrogen-bond donors (Lipinski definition) is 2. The van der Waals surface area contributed by atoms with Gasteiger partial charge in [-0.15, -0.1) is 0 Å².